The molecule has 18 heavy (non-hydrogen) atoms. The molecule has 0 atom stereocenters. The molecule has 1 N–H and O–H groups in total. The first-order valence-corrected chi connectivity index (χ1v) is 6.65. The summed E-state index contributed by atoms with van der Waals surface area (Å²) in [6, 6.07) is 7.55. The number of halogens is 1. The van der Waals surface area contributed by atoms with Crippen molar-refractivity contribution in [1.29, 1.82) is 0 Å². The van der Waals surface area contributed by atoms with Crippen LogP contribution in [0.4, 0.5) is 0 Å². The lowest BCUT2D eigenvalue weighted by molar-refractivity contribution is 1.06. The number of nitrogens with zero attached hydrogens (tertiary/aromatic N) is 1. The van der Waals surface area contributed by atoms with Gasteiger partial charge in [0, 0.05) is 16.0 Å². The Hall–Kier alpha value is -1.65. The number of nitrogens with one attached hydrogen (secondary N) is 1. The zero-order chi connectivity index (χ0) is 12.7. The smallest absolute Gasteiger partial charge is 0.268 e. The Labute approximate surface area is 112 Å². The molecule has 3 rings (SSSR count). The molecule has 0 radical (unpaired) electrons. The molecule has 2 heterocycles. The van der Waals surface area contributed by atoms with E-state index in [1.807, 2.05) is 29.6 Å². The Kier molecular flexibility index (Phi) is 2.69. The van der Waals surface area contributed by atoms with Crippen molar-refractivity contribution in [2.45, 2.75) is 6.92 Å². The van der Waals surface area contributed by atoms with E-state index in [9.17, 15) is 4.79 Å². The van der Waals surface area contributed by atoms with E-state index >= 15 is 0 Å². The van der Waals surface area contributed by atoms with Crippen LogP contribution in [0.5, 0.6) is 0 Å². The molecule has 0 unspecified atom stereocenters. The highest BCUT2D eigenvalue weighted by Gasteiger charge is 2.11. The standard InChI is InChI=1S/C13H9ClN2OS/c1-7-15-11-10(6-18-12(11)13(17)16-7)8-3-2-4-9(14)5-8/h2-6H,1H3,(H,15,16,17). The van der Waals surface area contributed by atoms with Gasteiger partial charge in [0.1, 0.15) is 10.5 Å². The Morgan fingerprint density at radius 1 is 1.39 bits per heavy atom. The summed E-state index contributed by atoms with van der Waals surface area (Å²) in [4.78, 5) is 18.9. The minimum Gasteiger partial charge on any atom is -0.310 e. The van der Waals surface area contributed by atoms with E-state index in [0.717, 1.165) is 16.6 Å². The third kappa shape index (κ3) is 1.83. The molecular weight excluding hydrogens is 268 g/mol. The average Bonchev–Trinajstić information content (AvgIpc) is 2.72. The van der Waals surface area contributed by atoms with Gasteiger partial charge in [-0.3, -0.25) is 4.79 Å². The van der Waals surface area contributed by atoms with Crippen LogP contribution in [-0.4, -0.2) is 9.97 Å². The fraction of sp³-hybridized carbons (Fsp3) is 0.0769. The minimum absolute atomic E-state index is 0.0872. The summed E-state index contributed by atoms with van der Waals surface area (Å²) >= 11 is 7.39. The number of aryl methyl sites for hydroxylation is 1. The minimum atomic E-state index is -0.0872. The highest BCUT2D eigenvalue weighted by molar-refractivity contribution is 7.17. The second kappa shape index (κ2) is 4.23. The van der Waals surface area contributed by atoms with Crippen molar-refractivity contribution >= 4 is 33.2 Å². The topological polar surface area (TPSA) is 45.8 Å². The van der Waals surface area contributed by atoms with E-state index in [-0.39, 0.29) is 5.56 Å². The zero-order valence-corrected chi connectivity index (χ0v) is 11.1. The van der Waals surface area contributed by atoms with Crippen molar-refractivity contribution in [1.82, 2.24) is 9.97 Å². The van der Waals surface area contributed by atoms with Crippen LogP contribution in [0.15, 0.2) is 34.4 Å². The van der Waals surface area contributed by atoms with Crippen LogP contribution in [0.2, 0.25) is 5.02 Å². The van der Waals surface area contributed by atoms with Crippen LogP contribution < -0.4 is 5.56 Å². The molecule has 0 aliphatic carbocycles. The molecule has 0 saturated heterocycles. The molecule has 3 nitrogen and oxygen atoms in total. The first kappa shape index (κ1) is 11.4. The summed E-state index contributed by atoms with van der Waals surface area (Å²) < 4.78 is 0.649. The van der Waals surface area contributed by atoms with Gasteiger partial charge in [-0.2, -0.15) is 0 Å². The second-order valence-electron chi connectivity index (χ2n) is 3.99. The molecule has 0 aliphatic rings. The van der Waals surface area contributed by atoms with Gasteiger partial charge in [0.25, 0.3) is 5.56 Å². The normalized spacial score (nSPS) is 11.0. The van der Waals surface area contributed by atoms with E-state index in [2.05, 4.69) is 9.97 Å². The van der Waals surface area contributed by atoms with Gasteiger partial charge in [-0.25, -0.2) is 4.98 Å². The van der Waals surface area contributed by atoms with Crippen molar-refractivity contribution in [2.24, 2.45) is 0 Å². The SMILES string of the molecule is Cc1nc2c(-c3cccc(Cl)c3)csc2c(=O)[nH]1. The van der Waals surface area contributed by atoms with E-state index in [1.54, 1.807) is 6.92 Å². The van der Waals surface area contributed by atoms with Gasteiger partial charge in [0.2, 0.25) is 0 Å². The fourth-order valence-corrected chi connectivity index (χ4v) is 3.00. The number of H-pyrrole nitrogens is 1. The van der Waals surface area contributed by atoms with Crippen LogP contribution in [0.1, 0.15) is 5.82 Å². The monoisotopic (exact) mass is 276 g/mol. The zero-order valence-electron chi connectivity index (χ0n) is 9.53. The van der Waals surface area contributed by atoms with Crippen molar-refractivity contribution in [3.05, 3.63) is 50.8 Å². The summed E-state index contributed by atoms with van der Waals surface area (Å²) in [7, 11) is 0. The van der Waals surface area contributed by atoms with Crippen molar-refractivity contribution < 1.29 is 0 Å². The summed E-state index contributed by atoms with van der Waals surface area (Å²) in [6.07, 6.45) is 0. The van der Waals surface area contributed by atoms with Gasteiger partial charge >= 0.3 is 0 Å². The van der Waals surface area contributed by atoms with E-state index < -0.39 is 0 Å². The van der Waals surface area contributed by atoms with Crippen LogP contribution in [0, 0.1) is 6.92 Å². The van der Waals surface area contributed by atoms with Crippen LogP contribution >= 0.6 is 22.9 Å². The van der Waals surface area contributed by atoms with E-state index in [4.69, 9.17) is 11.6 Å². The molecule has 90 valence electrons. The second-order valence-corrected chi connectivity index (χ2v) is 5.30. The summed E-state index contributed by atoms with van der Waals surface area (Å²) in [5.41, 5.74) is 2.58. The van der Waals surface area contributed by atoms with Crippen LogP contribution in [0.3, 0.4) is 0 Å². The number of thiophene rings is 1. The molecule has 2 aromatic heterocycles. The molecule has 1 aromatic carbocycles. The molecule has 0 aliphatic heterocycles. The number of rotatable bonds is 1. The molecule has 0 bridgehead atoms. The Morgan fingerprint density at radius 3 is 3.00 bits per heavy atom. The Morgan fingerprint density at radius 2 is 2.22 bits per heavy atom. The van der Waals surface area contributed by atoms with Crippen molar-refractivity contribution in [3.8, 4) is 11.1 Å². The van der Waals surface area contributed by atoms with Gasteiger partial charge in [-0.15, -0.1) is 11.3 Å². The highest BCUT2D eigenvalue weighted by atomic mass is 35.5. The van der Waals surface area contributed by atoms with Gasteiger partial charge in [0.15, 0.2) is 0 Å². The number of fused-ring (bicyclic) bond motifs is 1. The molecule has 0 fully saturated rings. The average molecular weight is 277 g/mol. The first-order chi connectivity index (χ1) is 8.65. The maximum atomic E-state index is 11.8. The molecular formula is C13H9ClN2OS. The molecule has 5 heteroatoms. The Bertz CT molecular complexity index is 791. The van der Waals surface area contributed by atoms with Gasteiger partial charge in [-0.1, -0.05) is 23.7 Å². The summed E-state index contributed by atoms with van der Waals surface area (Å²) in [5.74, 6) is 0.620. The number of hydrogen-bond acceptors (Lipinski definition) is 3. The lowest BCUT2D eigenvalue weighted by Crippen LogP contribution is -2.07. The molecule has 0 amide bonds. The maximum absolute atomic E-state index is 11.8. The van der Waals surface area contributed by atoms with Crippen molar-refractivity contribution in [3.63, 3.8) is 0 Å². The molecule has 0 spiro atoms. The van der Waals surface area contributed by atoms with Crippen LogP contribution in [-0.2, 0) is 0 Å². The summed E-state index contributed by atoms with van der Waals surface area (Å²) in [5, 5.41) is 2.62. The number of benzene rings is 1. The molecule has 0 saturated carbocycles. The predicted molar refractivity (Wildman–Crippen MR) is 75.4 cm³/mol. The van der Waals surface area contributed by atoms with Gasteiger partial charge in [-0.05, 0) is 24.6 Å². The maximum Gasteiger partial charge on any atom is 0.268 e. The van der Waals surface area contributed by atoms with Crippen LogP contribution in [0.25, 0.3) is 21.3 Å². The summed E-state index contributed by atoms with van der Waals surface area (Å²) in [6.45, 7) is 1.78. The highest BCUT2D eigenvalue weighted by Crippen LogP contribution is 2.31. The fourth-order valence-electron chi connectivity index (χ4n) is 1.90. The lowest BCUT2D eigenvalue weighted by atomic mass is 10.1. The predicted octanol–water partition coefficient (Wildman–Crippen LogP) is 3.61. The van der Waals surface area contributed by atoms with Gasteiger partial charge < -0.3 is 4.98 Å². The Balaban J connectivity index is 2.34. The number of aromatic nitrogens is 2. The third-order valence-electron chi connectivity index (χ3n) is 2.68. The van der Waals surface area contributed by atoms with Gasteiger partial charge in [0.05, 0.1) is 5.52 Å². The first-order valence-electron chi connectivity index (χ1n) is 5.39. The third-order valence-corrected chi connectivity index (χ3v) is 3.88. The molecule has 3 aromatic rings. The largest absolute Gasteiger partial charge is 0.310 e. The number of aromatic amines is 1. The van der Waals surface area contributed by atoms with Crippen molar-refractivity contribution in [2.75, 3.05) is 0 Å². The van der Waals surface area contributed by atoms with E-state index in [0.29, 0.717) is 15.5 Å². The van der Waals surface area contributed by atoms with E-state index in [1.165, 1.54) is 11.3 Å². The lowest BCUT2D eigenvalue weighted by Gasteiger charge is -2.00. The number of hydrogen-bond donors (Lipinski definition) is 1. The quantitative estimate of drug-likeness (QED) is 0.738.